The number of hydrogen-bond donors (Lipinski definition) is 2. The molecule has 0 fully saturated rings. The fraction of sp³-hybridized carbons (Fsp3) is 0.429. The summed E-state index contributed by atoms with van der Waals surface area (Å²) >= 11 is 1.59. The van der Waals surface area contributed by atoms with E-state index in [-0.39, 0.29) is 19.1 Å². The molecule has 0 aliphatic heterocycles. The highest BCUT2D eigenvalue weighted by Gasteiger charge is 2.02. The lowest BCUT2D eigenvalue weighted by molar-refractivity contribution is -0.142. The molecule has 6 nitrogen and oxygen atoms in total. The van der Waals surface area contributed by atoms with Crippen LogP contribution in [0.15, 0.2) is 29.2 Å². The minimum atomic E-state index is -1.02. The van der Waals surface area contributed by atoms with Crippen molar-refractivity contribution >= 4 is 23.6 Å². The second-order valence-electron chi connectivity index (χ2n) is 4.07. The summed E-state index contributed by atoms with van der Waals surface area (Å²) in [5.74, 6) is 0.388. The van der Waals surface area contributed by atoms with Gasteiger partial charge in [0.1, 0.15) is 12.4 Å². The van der Waals surface area contributed by atoms with Crippen molar-refractivity contribution in [2.75, 3.05) is 32.6 Å². The lowest BCUT2D eigenvalue weighted by atomic mass is 10.3. The molecule has 1 rings (SSSR count). The summed E-state index contributed by atoms with van der Waals surface area (Å²) in [5.41, 5.74) is 0. The van der Waals surface area contributed by atoms with E-state index in [0.29, 0.717) is 18.7 Å². The summed E-state index contributed by atoms with van der Waals surface area (Å²) in [6.45, 7) is 0.173. The lowest BCUT2D eigenvalue weighted by Crippen LogP contribution is -2.28. The third-order valence-corrected chi connectivity index (χ3v) is 3.47. The van der Waals surface area contributed by atoms with Crippen molar-refractivity contribution in [2.24, 2.45) is 0 Å². The van der Waals surface area contributed by atoms with E-state index in [1.165, 1.54) is 0 Å². The van der Waals surface area contributed by atoms with Gasteiger partial charge in [-0.2, -0.15) is 0 Å². The molecule has 0 saturated heterocycles. The van der Waals surface area contributed by atoms with Gasteiger partial charge >= 0.3 is 5.97 Å². The van der Waals surface area contributed by atoms with Crippen molar-refractivity contribution in [3.8, 4) is 5.75 Å². The summed E-state index contributed by atoms with van der Waals surface area (Å²) in [4.78, 5) is 22.8. The molecule has 1 aromatic rings. The number of carboxylic acid groups (broad SMARTS) is 1. The Balaban J connectivity index is 2.08. The summed E-state index contributed by atoms with van der Waals surface area (Å²) in [6, 6.07) is 7.65. The summed E-state index contributed by atoms with van der Waals surface area (Å²) in [7, 11) is 1.62. The van der Waals surface area contributed by atoms with E-state index in [9.17, 15) is 9.59 Å². The molecule has 0 heterocycles. The summed E-state index contributed by atoms with van der Waals surface area (Å²) < 4.78 is 9.88. The molecular formula is C14H19NO5S. The second-order valence-corrected chi connectivity index (χ2v) is 5.24. The normalized spacial score (nSPS) is 10.1. The van der Waals surface area contributed by atoms with Crippen LogP contribution >= 0.6 is 11.8 Å². The number of aliphatic carboxylic acids is 1. The van der Waals surface area contributed by atoms with Gasteiger partial charge in [0.25, 0.3) is 0 Å². The molecule has 1 aromatic carbocycles. The number of rotatable bonds is 10. The summed E-state index contributed by atoms with van der Waals surface area (Å²) in [6.07, 6.45) is 0.398. The van der Waals surface area contributed by atoms with Crippen molar-refractivity contribution in [1.29, 1.82) is 0 Å². The molecule has 7 heteroatoms. The Hall–Kier alpha value is -1.73. The standard InChI is InChI=1S/C14H19NO5S/c1-19-11-2-4-12(5-3-11)21-9-6-13(16)15-7-8-20-10-14(17)18/h2-5H,6-10H2,1H3,(H,15,16)(H,17,18). The number of carboxylic acids is 1. The average molecular weight is 313 g/mol. The Morgan fingerprint density at radius 2 is 2.00 bits per heavy atom. The van der Waals surface area contributed by atoms with Crippen LogP contribution in [0.25, 0.3) is 0 Å². The molecule has 1 amide bonds. The van der Waals surface area contributed by atoms with Gasteiger partial charge in [-0.25, -0.2) is 4.79 Å². The highest BCUT2D eigenvalue weighted by atomic mass is 32.2. The third-order valence-electron chi connectivity index (χ3n) is 2.45. The van der Waals surface area contributed by atoms with Gasteiger partial charge in [-0.15, -0.1) is 11.8 Å². The van der Waals surface area contributed by atoms with Crippen molar-refractivity contribution in [3.05, 3.63) is 24.3 Å². The van der Waals surface area contributed by atoms with E-state index in [4.69, 9.17) is 14.6 Å². The zero-order chi connectivity index (χ0) is 15.5. The first kappa shape index (κ1) is 17.3. The van der Waals surface area contributed by atoms with Gasteiger partial charge < -0.3 is 19.9 Å². The largest absolute Gasteiger partial charge is 0.497 e. The Kier molecular flexibility index (Phi) is 8.30. The van der Waals surface area contributed by atoms with Gasteiger partial charge in [-0.05, 0) is 24.3 Å². The lowest BCUT2D eigenvalue weighted by Gasteiger charge is -2.06. The first-order valence-electron chi connectivity index (χ1n) is 6.45. The van der Waals surface area contributed by atoms with Crippen LogP contribution in [0.1, 0.15) is 6.42 Å². The van der Waals surface area contributed by atoms with Crippen molar-refractivity contribution in [3.63, 3.8) is 0 Å². The monoisotopic (exact) mass is 313 g/mol. The molecule has 0 aliphatic carbocycles. The number of carbonyl (C=O) groups excluding carboxylic acids is 1. The van der Waals surface area contributed by atoms with Crippen LogP contribution in [-0.4, -0.2) is 49.6 Å². The molecule has 0 atom stereocenters. The van der Waals surface area contributed by atoms with Crippen LogP contribution < -0.4 is 10.1 Å². The second kappa shape index (κ2) is 10.1. The minimum Gasteiger partial charge on any atom is -0.497 e. The van der Waals surface area contributed by atoms with Gasteiger partial charge in [0.2, 0.25) is 5.91 Å². The van der Waals surface area contributed by atoms with Crippen molar-refractivity contribution in [2.45, 2.75) is 11.3 Å². The van der Waals surface area contributed by atoms with Crippen LogP contribution in [0.2, 0.25) is 0 Å². The van der Waals surface area contributed by atoms with E-state index in [1.54, 1.807) is 18.9 Å². The van der Waals surface area contributed by atoms with Gasteiger partial charge in [-0.1, -0.05) is 0 Å². The topological polar surface area (TPSA) is 84.9 Å². The maximum atomic E-state index is 11.5. The average Bonchev–Trinajstić information content (AvgIpc) is 2.47. The Morgan fingerprint density at radius 1 is 1.29 bits per heavy atom. The maximum Gasteiger partial charge on any atom is 0.329 e. The van der Waals surface area contributed by atoms with E-state index in [1.807, 2.05) is 24.3 Å². The van der Waals surface area contributed by atoms with E-state index >= 15 is 0 Å². The Morgan fingerprint density at radius 3 is 2.62 bits per heavy atom. The first-order chi connectivity index (χ1) is 10.1. The molecular weight excluding hydrogens is 294 g/mol. The molecule has 0 bridgehead atoms. The highest BCUT2D eigenvalue weighted by Crippen LogP contribution is 2.21. The van der Waals surface area contributed by atoms with Crippen LogP contribution in [0.3, 0.4) is 0 Å². The number of nitrogens with one attached hydrogen (secondary N) is 1. The number of thioether (sulfide) groups is 1. The number of benzene rings is 1. The quantitative estimate of drug-likeness (QED) is 0.502. The van der Waals surface area contributed by atoms with E-state index in [0.717, 1.165) is 10.6 Å². The summed E-state index contributed by atoms with van der Waals surface area (Å²) in [5, 5.41) is 11.0. The number of amides is 1. The van der Waals surface area contributed by atoms with Gasteiger partial charge in [-0.3, -0.25) is 4.79 Å². The molecule has 0 radical (unpaired) electrons. The van der Waals surface area contributed by atoms with Crippen molar-refractivity contribution in [1.82, 2.24) is 5.32 Å². The molecule has 116 valence electrons. The molecule has 0 aliphatic rings. The smallest absolute Gasteiger partial charge is 0.329 e. The molecule has 0 spiro atoms. The minimum absolute atomic E-state index is 0.0741. The highest BCUT2D eigenvalue weighted by molar-refractivity contribution is 7.99. The number of ether oxygens (including phenoxy) is 2. The maximum absolute atomic E-state index is 11.5. The SMILES string of the molecule is COc1ccc(SCCC(=O)NCCOCC(=O)O)cc1. The van der Waals surface area contributed by atoms with Crippen LogP contribution in [0.4, 0.5) is 0 Å². The number of hydrogen-bond acceptors (Lipinski definition) is 5. The van der Waals surface area contributed by atoms with E-state index < -0.39 is 5.97 Å². The number of methoxy groups -OCH3 is 1. The molecule has 0 aromatic heterocycles. The Labute approximate surface area is 127 Å². The van der Waals surface area contributed by atoms with Crippen molar-refractivity contribution < 1.29 is 24.2 Å². The molecule has 21 heavy (non-hydrogen) atoms. The van der Waals surface area contributed by atoms with Crippen LogP contribution in [0.5, 0.6) is 5.75 Å². The van der Waals surface area contributed by atoms with Crippen LogP contribution in [-0.2, 0) is 14.3 Å². The van der Waals surface area contributed by atoms with Gasteiger partial charge in [0, 0.05) is 23.6 Å². The molecule has 2 N–H and O–H groups in total. The fourth-order valence-corrected chi connectivity index (χ4v) is 2.30. The predicted molar refractivity (Wildman–Crippen MR) is 79.8 cm³/mol. The zero-order valence-corrected chi connectivity index (χ0v) is 12.6. The first-order valence-corrected chi connectivity index (χ1v) is 7.43. The third kappa shape index (κ3) is 8.21. The fourth-order valence-electron chi connectivity index (χ4n) is 1.44. The predicted octanol–water partition coefficient (Wildman–Crippen LogP) is 1.39. The van der Waals surface area contributed by atoms with Gasteiger partial charge in [0.15, 0.2) is 0 Å². The molecule has 0 saturated carbocycles. The number of carbonyl (C=O) groups is 2. The van der Waals surface area contributed by atoms with Gasteiger partial charge in [0.05, 0.1) is 13.7 Å². The Bertz CT molecular complexity index is 449. The van der Waals surface area contributed by atoms with Crippen LogP contribution in [0, 0.1) is 0 Å². The zero-order valence-electron chi connectivity index (χ0n) is 11.8. The van der Waals surface area contributed by atoms with E-state index in [2.05, 4.69) is 5.32 Å². The molecule has 0 unspecified atom stereocenters.